The average molecular weight is 314 g/mol. The van der Waals surface area contributed by atoms with Gasteiger partial charge in [0.25, 0.3) is 0 Å². The van der Waals surface area contributed by atoms with Gasteiger partial charge in [-0.1, -0.05) is 19.9 Å². The van der Waals surface area contributed by atoms with Crippen LogP contribution in [0.5, 0.6) is 0 Å². The third kappa shape index (κ3) is 2.28. The van der Waals surface area contributed by atoms with Gasteiger partial charge in [-0.05, 0) is 61.5 Å². The molecule has 124 valence electrons. The van der Waals surface area contributed by atoms with Crippen LogP contribution < -0.4 is 0 Å². The Labute approximate surface area is 138 Å². The van der Waals surface area contributed by atoms with E-state index in [-0.39, 0.29) is 17.0 Å². The topological polar surface area (TPSA) is 39.4 Å². The number of rotatable bonds is 3. The Morgan fingerprint density at radius 2 is 2.22 bits per heavy atom. The van der Waals surface area contributed by atoms with Crippen LogP contribution in [-0.2, 0) is 16.0 Å². The van der Waals surface area contributed by atoms with Gasteiger partial charge in [-0.3, -0.25) is 0 Å². The maximum Gasteiger partial charge on any atom is 0.334 e. The molecular formula is C20H26O3. The normalized spacial score (nSPS) is 39.4. The molecule has 3 heteroatoms. The molecule has 23 heavy (non-hydrogen) atoms. The summed E-state index contributed by atoms with van der Waals surface area (Å²) in [4.78, 5) is 12.2. The Morgan fingerprint density at radius 3 is 3.00 bits per heavy atom. The standard InChI is InChI=1S/C20H26O3/c1-14-6-10-20-12-16(18(21)23-20)4-3-5-17(20)19(14,2)9-7-15-8-11-22-13-15/h4,8,11,13-14,17H,3,5-7,9-10,12H2,1-2H3/t14-,17-,19+,20-/m1/s1. The predicted molar refractivity (Wildman–Crippen MR) is 87.8 cm³/mol. The van der Waals surface area contributed by atoms with Crippen LogP contribution >= 0.6 is 0 Å². The number of esters is 1. The summed E-state index contributed by atoms with van der Waals surface area (Å²) in [6.07, 6.45) is 13.1. The quantitative estimate of drug-likeness (QED) is 0.761. The van der Waals surface area contributed by atoms with E-state index in [2.05, 4.69) is 26.0 Å². The highest BCUT2D eigenvalue weighted by atomic mass is 16.6. The minimum atomic E-state index is -0.225. The first-order chi connectivity index (χ1) is 11.0. The number of aryl methyl sites for hydroxylation is 1. The van der Waals surface area contributed by atoms with Gasteiger partial charge in [0.1, 0.15) is 5.60 Å². The third-order valence-corrected chi connectivity index (χ3v) is 6.98. The number of fused-ring (bicyclic) bond motifs is 1. The number of hydrogen-bond donors (Lipinski definition) is 0. The summed E-state index contributed by atoms with van der Waals surface area (Å²) in [5, 5.41) is 0. The molecule has 1 saturated heterocycles. The van der Waals surface area contributed by atoms with E-state index in [0.29, 0.717) is 11.8 Å². The molecule has 0 N–H and O–H groups in total. The summed E-state index contributed by atoms with van der Waals surface area (Å²) in [7, 11) is 0. The van der Waals surface area contributed by atoms with Gasteiger partial charge in [0.05, 0.1) is 12.5 Å². The lowest BCUT2D eigenvalue weighted by atomic mass is 9.53. The van der Waals surface area contributed by atoms with Gasteiger partial charge in [-0.15, -0.1) is 0 Å². The van der Waals surface area contributed by atoms with Crippen LogP contribution in [0.3, 0.4) is 0 Å². The summed E-state index contributed by atoms with van der Waals surface area (Å²) in [6, 6.07) is 2.06. The van der Waals surface area contributed by atoms with Crippen LogP contribution in [0, 0.1) is 17.3 Å². The molecule has 1 spiro atoms. The van der Waals surface area contributed by atoms with Crippen molar-refractivity contribution < 1.29 is 13.9 Å². The fourth-order valence-electron chi connectivity index (χ4n) is 5.37. The Hall–Kier alpha value is -1.51. The Morgan fingerprint density at radius 1 is 1.35 bits per heavy atom. The lowest BCUT2D eigenvalue weighted by Gasteiger charge is -2.54. The lowest BCUT2D eigenvalue weighted by Crippen LogP contribution is -2.53. The zero-order valence-electron chi connectivity index (χ0n) is 14.1. The largest absolute Gasteiger partial charge is 0.472 e. The summed E-state index contributed by atoms with van der Waals surface area (Å²) in [5.41, 5.74) is 2.19. The van der Waals surface area contributed by atoms with Crippen molar-refractivity contribution in [1.29, 1.82) is 0 Å². The fraction of sp³-hybridized carbons (Fsp3) is 0.650. The first-order valence-corrected chi connectivity index (χ1v) is 8.97. The van der Waals surface area contributed by atoms with Crippen molar-refractivity contribution in [2.75, 3.05) is 0 Å². The van der Waals surface area contributed by atoms with Crippen LogP contribution in [0.25, 0.3) is 0 Å². The molecule has 4 rings (SSSR count). The minimum absolute atomic E-state index is 0.0542. The number of carbonyl (C=O) groups is 1. The molecule has 2 heterocycles. The second kappa shape index (κ2) is 5.25. The number of allylic oxidation sites excluding steroid dienone is 1. The average Bonchev–Trinajstić information content (AvgIpc) is 3.09. The Kier molecular flexibility index (Phi) is 3.44. The Bertz CT molecular complexity index is 629. The van der Waals surface area contributed by atoms with E-state index in [0.717, 1.165) is 50.5 Å². The molecule has 1 aliphatic heterocycles. The first kappa shape index (κ1) is 15.0. The highest BCUT2D eigenvalue weighted by molar-refractivity contribution is 5.91. The molecule has 2 fully saturated rings. The van der Waals surface area contributed by atoms with E-state index in [4.69, 9.17) is 9.15 Å². The maximum absolute atomic E-state index is 12.2. The van der Waals surface area contributed by atoms with E-state index in [1.54, 1.807) is 6.26 Å². The molecule has 0 aromatic carbocycles. The molecule has 3 nitrogen and oxygen atoms in total. The zero-order valence-corrected chi connectivity index (χ0v) is 14.1. The molecule has 0 unspecified atom stereocenters. The molecule has 4 atom stereocenters. The van der Waals surface area contributed by atoms with Crippen molar-refractivity contribution in [3.05, 3.63) is 35.8 Å². The second-order valence-corrected chi connectivity index (χ2v) is 8.07. The van der Waals surface area contributed by atoms with Crippen molar-refractivity contribution in [2.24, 2.45) is 17.3 Å². The van der Waals surface area contributed by atoms with E-state index in [1.807, 2.05) is 6.26 Å². The first-order valence-electron chi connectivity index (χ1n) is 8.97. The van der Waals surface area contributed by atoms with Crippen LogP contribution in [0.4, 0.5) is 0 Å². The van der Waals surface area contributed by atoms with E-state index in [1.165, 1.54) is 5.56 Å². The van der Waals surface area contributed by atoms with Gasteiger partial charge < -0.3 is 9.15 Å². The van der Waals surface area contributed by atoms with Crippen LogP contribution in [0.1, 0.15) is 57.9 Å². The maximum atomic E-state index is 12.2. The monoisotopic (exact) mass is 314 g/mol. The predicted octanol–water partition coefficient (Wildman–Crippen LogP) is 4.67. The highest BCUT2D eigenvalue weighted by Crippen LogP contribution is 2.60. The number of furan rings is 1. The molecule has 0 amide bonds. The number of ether oxygens (including phenoxy) is 1. The smallest absolute Gasteiger partial charge is 0.334 e. The van der Waals surface area contributed by atoms with Gasteiger partial charge in [-0.25, -0.2) is 4.79 Å². The summed E-state index contributed by atoms with van der Waals surface area (Å²) < 4.78 is 11.2. The third-order valence-electron chi connectivity index (χ3n) is 6.98. The van der Waals surface area contributed by atoms with E-state index in [9.17, 15) is 4.79 Å². The molecule has 2 aliphatic carbocycles. The van der Waals surface area contributed by atoms with Gasteiger partial charge in [0.2, 0.25) is 0 Å². The highest BCUT2D eigenvalue weighted by Gasteiger charge is 2.59. The zero-order chi connectivity index (χ0) is 16.1. The molecule has 1 saturated carbocycles. The van der Waals surface area contributed by atoms with Crippen LogP contribution in [-0.4, -0.2) is 11.6 Å². The lowest BCUT2D eigenvalue weighted by molar-refractivity contribution is -0.173. The van der Waals surface area contributed by atoms with Gasteiger partial charge in [0, 0.05) is 17.9 Å². The SMILES string of the molecule is C[C@@H]1CC[C@@]23CC(=CCC[C@@H]2[C@@]1(C)CCc1ccoc1)C(=O)O3. The van der Waals surface area contributed by atoms with Crippen LogP contribution in [0.15, 0.2) is 34.7 Å². The van der Waals surface area contributed by atoms with E-state index >= 15 is 0 Å². The van der Waals surface area contributed by atoms with E-state index < -0.39 is 0 Å². The van der Waals surface area contributed by atoms with Crippen molar-refractivity contribution >= 4 is 5.97 Å². The summed E-state index contributed by atoms with van der Waals surface area (Å²) in [6.45, 7) is 4.82. The summed E-state index contributed by atoms with van der Waals surface area (Å²) >= 11 is 0. The summed E-state index contributed by atoms with van der Waals surface area (Å²) in [5.74, 6) is 1.07. The molecule has 1 aromatic heterocycles. The molecular weight excluding hydrogens is 288 g/mol. The minimum Gasteiger partial charge on any atom is -0.472 e. The van der Waals surface area contributed by atoms with Crippen molar-refractivity contribution in [3.8, 4) is 0 Å². The van der Waals surface area contributed by atoms with Crippen molar-refractivity contribution in [1.82, 2.24) is 0 Å². The van der Waals surface area contributed by atoms with Crippen LogP contribution in [0.2, 0.25) is 0 Å². The molecule has 0 radical (unpaired) electrons. The molecule has 1 aromatic rings. The second-order valence-electron chi connectivity index (χ2n) is 8.07. The number of carbonyl (C=O) groups excluding carboxylic acids is 1. The molecule has 3 aliphatic rings. The van der Waals surface area contributed by atoms with Crippen molar-refractivity contribution in [3.63, 3.8) is 0 Å². The van der Waals surface area contributed by atoms with Gasteiger partial charge >= 0.3 is 5.97 Å². The van der Waals surface area contributed by atoms with Gasteiger partial charge in [0.15, 0.2) is 0 Å². The van der Waals surface area contributed by atoms with Crippen molar-refractivity contribution in [2.45, 2.75) is 64.4 Å². The van der Waals surface area contributed by atoms with Gasteiger partial charge in [-0.2, -0.15) is 0 Å². The molecule has 2 bridgehead atoms. The Balaban J connectivity index is 1.64. The number of hydrogen-bond acceptors (Lipinski definition) is 3. The fourth-order valence-corrected chi connectivity index (χ4v) is 5.37.